The number of nitrogens with one attached hydrogen (secondary N) is 1. The van der Waals surface area contributed by atoms with Crippen molar-refractivity contribution in [3.05, 3.63) is 83.4 Å². The molecular weight excluding hydrogens is 566 g/mol. The van der Waals surface area contributed by atoms with Crippen molar-refractivity contribution in [3.63, 3.8) is 0 Å². The number of amides is 2. The normalized spacial score (nSPS) is 11.8. The highest BCUT2D eigenvalue weighted by molar-refractivity contribution is 7.92. The zero-order chi connectivity index (χ0) is 30.0. The number of carbonyl (C=O) groups is 2. The van der Waals surface area contributed by atoms with Crippen LogP contribution in [0.4, 0.5) is 5.69 Å². The van der Waals surface area contributed by atoms with Crippen molar-refractivity contribution in [2.75, 3.05) is 31.6 Å². The van der Waals surface area contributed by atoms with Crippen LogP contribution in [0.5, 0.6) is 11.5 Å². The molecule has 0 aromatic heterocycles. The standard InChI is InChI=1S/C30H36ClN3O6S/c1-5-6-18-32-30(36)22(2)33(20-23-12-10-11-15-26(23)31)29(35)21-34(24-13-8-7-9-14-24)41(37,38)25-16-17-27(39-3)28(19-25)40-4/h7-17,19,22H,5-6,18,20-21H2,1-4H3,(H,32,36)/t22-/m0/s1. The van der Waals surface area contributed by atoms with Crippen molar-refractivity contribution < 1.29 is 27.5 Å². The predicted octanol–water partition coefficient (Wildman–Crippen LogP) is 4.89. The van der Waals surface area contributed by atoms with Gasteiger partial charge in [-0.15, -0.1) is 0 Å². The highest BCUT2D eigenvalue weighted by Crippen LogP contribution is 2.32. The van der Waals surface area contributed by atoms with Crippen LogP contribution in [0.1, 0.15) is 32.3 Å². The first-order valence-corrected chi connectivity index (χ1v) is 15.1. The molecule has 3 aromatic carbocycles. The van der Waals surface area contributed by atoms with Gasteiger partial charge in [0.15, 0.2) is 11.5 Å². The molecule has 0 fully saturated rings. The second-order valence-electron chi connectivity index (χ2n) is 9.30. The molecule has 0 radical (unpaired) electrons. The van der Waals surface area contributed by atoms with Gasteiger partial charge < -0.3 is 19.7 Å². The number of sulfonamides is 1. The summed E-state index contributed by atoms with van der Waals surface area (Å²) in [4.78, 5) is 28.3. The Morgan fingerprint density at radius 3 is 2.24 bits per heavy atom. The van der Waals surface area contributed by atoms with Crippen LogP contribution in [0, 0.1) is 0 Å². The lowest BCUT2D eigenvalue weighted by molar-refractivity contribution is -0.139. The van der Waals surface area contributed by atoms with Crippen molar-refractivity contribution in [2.45, 2.75) is 44.2 Å². The van der Waals surface area contributed by atoms with E-state index >= 15 is 0 Å². The molecule has 0 saturated carbocycles. The van der Waals surface area contributed by atoms with E-state index in [1.165, 1.54) is 37.3 Å². The maximum atomic E-state index is 14.0. The van der Waals surface area contributed by atoms with Crippen LogP contribution in [0.25, 0.3) is 0 Å². The summed E-state index contributed by atoms with van der Waals surface area (Å²) in [7, 11) is -1.40. The van der Waals surface area contributed by atoms with Gasteiger partial charge in [0.2, 0.25) is 11.8 Å². The molecule has 0 bridgehead atoms. The molecular formula is C30H36ClN3O6S. The number of unbranched alkanes of at least 4 members (excludes halogenated alkanes) is 1. The van der Waals surface area contributed by atoms with Crippen LogP contribution >= 0.6 is 11.6 Å². The summed E-state index contributed by atoms with van der Waals surface area (Å²) in [6, 6.07) is 18.7. The molecule has 0 saturated heterocycles. The van der Waals surface area contributed by atoms with E-state index in [1.807, 2.05) is 6.92 Å². The Kier molecular flexibility index (Phi) is 11.4. The summed E-state index contributed by atoms with van der Waals surface area (Å²) in [5, 5.41) is 3.29. The van der Waals surface area contributed by atoms with E-state index in [4.69, 9.17) is 21.1 Å². The van der Waals surface area contributed by atoms with Gasteiger partial charge in [-0.25, -0.2) is 8.42 Å². The fraction of sp³-hybridized carbons (Fsp3) is 0.333. The SMILES string of the molecule is CCCCNC(=O)[C@H](C)N(Cc1ccccc1Cl)C(=O)CN(c1ccccc1)S(=O)(=O)c1ccc(OC)c(OC)c1. The lowest BCUT2D eigenvalue weighted by atomic mass is 10.1. The van der Waals surface area contributed by atoms with Gasteiger partial charge >= 0.3 is 0 Å². The zero-order valence-corrected chi connectivity index (χ0v) is 25.2. The summed E-state index contributed by atoms with van der Waals surface area (Å²) in [5.41, 5.74) is 0.915. The largest absolute Gasteiger partial charge is 0.493 e. The van der Waals surface area contributed by atoms with E-state index in [9.17, 15) is 18.0 Å². The molecule has 0 spiro atoms. The van der Waals surface area contributed by atoms with Crippen LogP contribution in [0.3, 0.4) is 0 Å². The Bertz CT molecular complexity index is 1440. The van der Waals surface area contributed by atoms with Crippen LogP contribution < -0.4 is 19.1 Å². The van der Waals surface area contributed by atoms with E-state index in [2.05, 4.69) is 5.32 Å². The first kappa shape index (κ1) is 31.8. The van der Waals surface area contributed by atoms with E-state index < -0.39 is 28.5 Å². The van der Waals surface area contributed by atoms with Crippen molar-refractivity contribution in [1.29, 1.82) is 0 Å². The van der Waals surface area contributed by atoms with Gasteiger partial charge in [0.25, 0.3) is 10.0 Å². The van der Waals surface area contributed by atoms with Crippen molar-refractivity contribution in [2.24, 2.45) is 0 Å². The summed E-state index contributed by atoms with van der Waals surface area (Å²) in [6.07, 6.45) is 1.69. The molecule has 1 atom stereocenters. The first-order valence-electron chi connectivity index (χ1n) is 13.2. The van der Waals surface area contributed by atoms with Crippen molar-refractivity contribution in [1.82, 2.24) is 10.2 Å². The third-order valence-corrected chi connectivity index (χ3v) is 8.70. The first-order chi connectivity index (χ1) is 19.6. The van der Waals surface area contributed by atoms with Gasteiger partial charge in [0.1, 0.15) is 12.6 Å². The van der Waals surface area contributed by atoms with E-state index in [0.717, 1.165) is 17.1 Å². The van der Waals surface area contributed by atoms with Crippen LogP contribution in [-0.4, -0.2) is 58.5 Å². The molecule has 2 amide bonds. The van der Waals surface area contributed by atoms with Gasteiger partial charge in [-0.05, 0) is 49.2 Å². The monoisotopic (exact) mass is 601 g/mol. The quantitative estimate of drug-likeness (QED) is 0.264. The molecule has 9 nitrogen and oxygen atoms in total. The smallest absolute Gasteiger partial charge is 0.264 e. The van der Waals surface area contributed by atoms with Crippen molar-refractivity contribution in [3.8, 4) is 11.5 Å². The number of rotatable bonds is 14. The molecule has 11 heteroatoms. The van der Waals surface area contributed by atoms with Crippen LogP contribution in [0.2, 0.25) is 5.02 Å². The highest BCUT2D eigenvalue weighted by Gasteiger charge is 2.33. The lowest BCUT2D eigenvalue weighted by Crippen LogP contribution is -2.51. The molecule has 0 unspecified atom stereocenters. The molecule has 0 heterocycles. The number of hydrogen-bond acceptors (Lipinski definition) is 6. The molecule has 3 rings (SSSR count). The number of benzene rings is 3. The number of halogens is 1. The molecule has 0 aliphatic rings. The second kappa shape index (κ2) is 14.7. The number of ether oxygens (including phenoxy) is 2. The van der Waals surface area contributed by atoms with Crippen LogP contribution in [-0.2, 0) is 26.2 Å². The minimum atomic E-state index is -4.26. The van der Waals surface area contributed by atoms with Crippen LogP contribution in [0.15, 0.2) is 77.7 Å². The summed E-state index contributed by atoms with van der Waals surface area (Å²) < 4.78 is 39.6. The molecule has 1 N–H and O–H groups in total. The third-order valence-electron chi connectivity index (χ3n) is 6.56. The fourth-order valence-electron chi connectivity index (χ4n) is 4.16. The molecule has 3 aromatic rings. The Hall–Kier alpha value is -3.76. The maximum absolute atomic E-state index is 14.0. The van der Waals surface area contributed by atoms with E-state index in [-0.39, 0.29) is 28.8 Å². The molecule has 220 valence electrons. The minimum Gasteiger partial charge on any atom is -0.493 e. The molecule has 41 heavy (non-hydrogen) atoms. The average molecular weight is 602 g/mol. The number of hydrogen-bond donors (Lipinski definition) is 1. The van der Waals surface area contributed by atoms with Crippen molar-refractivity contribution >= 4 is 39.1 Å². The minimum absolute atomic E-state index is 0.0138. The topological polar surface area (TPSA) is 105 Å². The summed E-state index contributed by atoms with van der Waals surface area (Å²) in [6.45, 7) is 3.56. The lowest BCUT2D eigenvalue weighted by Gasteiger charge is -2.32. The Labute approximate surface area is 247 Å². The number of carbonyl (C=O) groups excluding carboxylic acids is 2. The van der Waals surface area contributed by atoms with Gasteiger partial charge in [-0.3, -0.25) is 13.9 Å². The average Bonchev–Trinajstić information content (AvgIpc) is 2.98. The molecule has 0 aliphatic carbocycles. The molecule has 0 aliphatic heterocycles. The highest BCUT2D eigenvalue weighted by atomic mass is 35.5. The fourth-order valence-corrected chi connectivity index (χ4v) is 5.78. The number of nitrogens with zero attached hydrogens (tertiary/aromatic N) is 2. The zero-order valence-electron chi connectivity index (χ0n) is 23.7. The second-order valence-corrected chi connectivity index (χ2v) is 11.6. The predicted molar refractivity (Wildman–Crippen MR) is 160 cm³/mol. The number of methoxy groups -OCH3 is 2. The maximum Gasteiger partial charge on any atom is 0.264 e. The van der Waals surface area contributed by atoms with Gasteiger partial charge in [-0.2, -0.15) is 0 Å². The van der Waals surface area contributed by atoms with Gasteiger partial charge in [-0.1, -0.05) is 61.3 Å². The number of para-hydroxylation sites is 1. The Morgan fingerprint density at radius 1 is 0.951 bits per heavy atom. The Balaban J connectivity index is 2.02. The Morgan fingerprint density at radius 2 is 1.61 bits per heavy atom. The van der Waals surface area contributed by atoms with Gasteiger partial charge in [0.05, 0.1) is 24.8 Å². The summed E-state index contributed by atoms with van der Waals surface area (Å²) in [5.74, 6) is -0.322. The van der Waals surface area contributed by atoms with Gasteiger partial charge in [0, 0.05) is 24.2 Å². The number of anilines is 1. The summed E-state index contributed by atoms with van der Waals surface area (Å²) >= 11 is 6.40. The third kappa shape index (κ3) is 7.92. The van der Waals surface area contributed by atoms with E-state index in [0.29, 0.717) is 22.9 Å². The van der Waals surface area contributed by atoms with E-state index in [1.54, 1.807) is 61.5 Å².